The summed E-state index contributed by atoms with van der Waals surface area (Å²) in [6.45, 7) is 9.39. The van der Waals surface area contributed by atoms with Crippen molar-refractivity contribution in [2.45, 2.75) is 71.8 Å². The fraction of sp³-hybridized carbons (Fsp3) is 0.520. The summed E-state index contributed by atoms with van der Waals surface area (Å²) >= 11 is 0. The number of methoxy groups -OCH3 is 1. The van der Waals surface area contributed by atoms with Crippen molar-refractivity contribution < 1.29 is 28.6 Å². The molecule has 0 bridgehead atoms. The Morgan fingerprint density at radius 2 is 1.71 bits per heavy atom. The summed E-state index contributed by atoms with van der Waals surface area (Å²) in [4.78, 5) is 37.6. The monoisotopic (exact) mass is 473 g/mol. The first-order chi connectivity index (χ1) is 16.0. The van der Waals surface area contributed by atoms with Crippen LogP contribution in [0.3, 0.4) is 0 Å². The molecule has 0 aliphatic heterocycles. The highest BCUT2D eigenvalue weighted by Gasteiger charge is 2.30. The zero-order valence-corrected chi connectivity index (χ0v) is 20.7. The summed E-state index contributed by atoms with van der Waals surface area (Å²) in [6, 6.07) is 9.41. The Labute approximate surface area is 200 Å². The second kappa shape index (κ2) is 12.3. The minimum absolute atomic E-state index is 0.114. The van der Waals surface area contributed by atoms with Crippen LogP contribution in [0.1, 0.15) is 52.3 Å². The molecule has 0 aliphatic carbocycles. The van der Waals surface area contributed by atoms with Crippen LogP contribution in [-0.4, -0.2) is 52.6 Å². The summed E-state index contributed by atoms with van der Waals surface area (Å²) in [5, 5.41) is 7.30. The number of aromatic nitrogens is 2. The minimum atomic E-state index is -0.861. The van der Waals surface area contributed by atoms with Crippen molar-refractivity contribution in [3.63, 3.8) is 0 Å². The van der Waals surface area contributed by atoms with Gasteiger partial charge in [0.1, 0.15) is 24.3 Å². The van der Waals surface area contributed by atoms with Crippen LogP contribution in [0.2, 0.25) is 0 Å². The smallest absolute Gasteiger partial charge is 0.435 e. The van der Waals surface area contributed by atoms with Crippen LogP contribution in [0.25, 0.3) is 0 Å². The molecule has 0 aliphatic rings. The number of carbonyl (C=O) groups excluding carboxylic acids is 3. The third-order valence-corrected chi connectivity index (χ3v) is 4.74. The minimum Gasteiger partial charge on any atom is -0.468 e. The lowest BCUT2D eigenvalue weighted by atomic mass is 10.0. The molecule has 2 aromatic rings. The van der Waals surface area contributed by atoms with Gasteiger partial charge in [0.15, 0.2) is 0 Å². The van der Waals surface area contributed by atoms with Crippen molar-refractivity contribution in [2.75, 3.05) is 7.11 Å². The highest BCUT2D eigenvalue weighted by atomic mass is 16.6. The predicted octanol–water partition coefficient (Wildman–Crippen LogP) is 3.50. The normalized spacial score (nSPS) is 13.3. The highest BCUT2D eigenvalue weighted by Crippen LogP contribution is 2.13. The van der Waals surface area contributed by atoms with Crippen LogP contribution in [0.15, 0.2) is 42.6 Å². The molecule has 9 nitrogen and oxygen atoms in total. The molecule has 1 heterocycles. The maximum Gasteiger partial charge on any atom is 0.435 e. The first-order valence-corrected chi connectivity index (χ1v) is 11.3. The number of ether oxygens (including phenoxy) is 3. The molecule has 0 amide bonds. The average molecular weight is 474 g/mol. The number of nitrogens with one attached hydrogen (secondary N) is 1. The molecule has 0 radical (unpaired) electrons. The molecule has 1 aromatic heterocycles. The van der Waals surface area contributed by atoms with Crippen molar-refractivity contribution in [3.05, 3.63) is 53.9 Å². The molecule has 0 saturated carbocycles. The lowest BCUT2D eigenvalue weighted by Gasteiger charge is -2.24. The molecule has 0 saturated heterocycles. The maximum absolute atomic E-state index is 12.9. The molecule has 1 N–H and O–H groups in total. The summed E-state index contributed by atoms with van der Waals surface area (Å²) in [7, 11) is 1.28. The molecule has 0 spiro atoms. The molecule has 34 heavy (non-hydrogen) atoms. The first-order valence-electron chi connectivity index (χ1n) is 11.3. The van der Waals surface area contributed by atoms with Crippen molar-refractivity contribution >= 4 is 18.0 Å². The lowest BCUT2D eigenvalue weighted by Crippen LogP contribution is -2.49. The SMILES string of the molecule is COC(=O)[C@H](Cc1ccn(C(=O)OC(C)(C)C)n1)N[C@@H](CC(C)C)C(=O)OCc1ccccc1. The van der Waals surface area contributed by atoms with E-state index in [1.54, 1.807) is 26.8 Å². The van der Waals surface area contributed by atoms with E-state index in [1.165, 1.54) is 13.3 Å². The first kappa shape index (κ1) is 27.0. The number of hydrogen-bond acceptors (Lipinski definition) is 8. The van der Waals surface area contributed by atoms with E-state index in [2.05, 4.69) is 10.4 Å². The quantitative estimate of drug-likeness (QED) is 0.413. The van der Waals surface area contributed by atoms with E-state index in [0.29, 0.717) is 12.1 Å². The van der Waals surface area contributed by atoms with Gasteiger partial charge in [-0.15, -0.1) is 0 Å². The second-order valence-electron chi connectivity index (χ2n) is 9.45. The molecule has 1 aromatic carbocycles. The van der Waals surface area contributed by atoms with Gasteiger partial charge in [0.2, 0.25) is 0 Å². The molecular formula is C25H35N3O6. The van der Waals surface area contributed by atoms with Crippen LogP contribution >= 0.6 is 0 Å². The van der Waals surface area contributed by atoms with E-state index >= 15 is 0 Å². The Hall–Kier alpha value is -3.20. The van der Waals surface area contributed by atoms with E-state index in [1.807, 2.05) is 44.2 Å². The predicted molar refractivity (Wildman–Crippen MR) is 126 cm³/mol. The van der Waals surface area contributed by atoms with Gasteiger partial charge in [-0.3, -0.25) is 14.9 Å². The number of benzene rings is 1. The number of carbonyl (C=O) groups is 3. The Kier molecular flexibility index (Phi) is 9.80. The van der Waals surface area contributed by atoms with Gasteiger partial charge in [0, 0.05) is 12.6 Å². The van der Waals surface area contributed by atoms with E-state index in [9.17, 15) is 14.4 Å². The van der Waals surface area contributed by atoms with Gasteiger partial charge in [0.05, 0.1) is 12.8 Å². The fourth-order valence-corrected chi connectivity index (χ4v) is 3.22. The van der Waals surface area contributed by atoms with Crippen molar-refractivity contribution in [1.29, 1.82) is 0 Å². The number of rotatable bonds is 10. The Morgan fingerprint density at radius 1 is 1.03 bits per heavy atom. The van der Waals surface area contributed by atoms with Crippen molar-refractivity contribution in [1.82, 2.24) is 15.1 Å². The molecule has 2 rings (SSSR count). The van der Waals surface area contributed by atoms with Gasteiger partial charge in [0.25, 0.3) is 0 Å². The number of hydrogen-bond donors (Lipinski definition) is 1. The molecule has 186 valence electrons. The zero-order chi connectivity index (χ0) is 25.3. The van der Waals surface area contributed by atoms with Crippen LogP contribution < -0.4 is 5.32 Å². The molecule has 9 heteroatoms. The van der Waals surface area contributed by atoms with Gasteiger partial charge >= 0.3 is 18.0 Å². The van der Waals surface area contributed by atoms with Crippen LogP contribution in [0, 0.1) is 5.92 Å². The Balaban J connectivity index is 2.11. The summed E-state index contributed by atoms with van der Waals surface area (Å²) in [5.74, 6) is -0.825. The molecule has 0 fully saturated rings. The van der Waals surface area contributed by atoms with E-state index in [0.717, 1.165) is 10.2 Å². The van der Waals surface area contributed by atoms with Crippen LogP contribution in [0.5, 0.6) is 0 Å². The Morgan fingerprint density at radius 3 is 2.29 bits per heavy atom. The van der Waals surface area contributed by atoms with Crippen molar-refractivity contribution in [3.8, 4) is 0 Å². The van der Waals surface area contributed by atoms with E-state index in [-0.39, 0.29) is 18.9 Å². The third kappa shape index (κ3) is 8.97. The van der Waals surface area contributed by atoms with Gasteiger partial charge in [-0.1, -0.05) is 44.2 Å². The summed E-state index contributed by atoms with van der Waals surface area (Å²) < 4.78 is 16.8. The third-order valence-electron chi connectivity index (χ3n) is 4.74. The lowest BCUT2D eigenvalue weighted by molar-refractivity contribution is -0.149. The summed E-state index contributed by atoms with van der Waals surface area (Å²) in [5.41, 5.74) is 0.676. The maximum atomic E-state index is 12.9. The largest absolute Gasteiger partial charge is 0.468 e. The van der Waals surface area contributed by atoms with Crippen molar-refractivity contribution in [2.24, 2.45) is 5.92 Å². The fourth-order valence-electron chi connectivity index (χ4n) is 3.22. The van der Waals surface area contributed by atoms with Crippen LogP contribution in [0.4, 0.5) is 4.79 Å². The standard InChI is InChI=1S/C25H35N3O6/c1-17(2)14-20(23(30)33-16-18-10-8-7-9-11-18)26-21(22(29)32-6)15-19-12-13-28(27-19)24(31)34-25(3,4)5/h7-13,17,20-21,26H,14-16H2,1-6H3/t20-,21-/m0/s1. The number of nitrogens with zero attached hydrogens (tertiary/aromatic N) is 2. The average Bonchev–Trinajstić information content (AvgIpc) is 3.24. The van der Waals surface area contributed by atoms with E-state index in [4.69, 9.17) is 14.2 Å². The Bertz CT molecular complexity index is 949. The van der Waals surface area contributed by atoms with Gasteiger partial charge in [-0.25, -0.2) is 4.79 Å². The zero-order valence-electron chi connectivity index (χ0n) is 20.7. The van der Waals surface area contributed by atoms with Crippen LogP contribution in [-0.2, 0) is 36.8 Å². The van der Waals surface area contributed by atoms with Gasteiger partial charge < -0.3 is 14.2 Å². The molecule has 0 unspecified atom stereocenters. The second-order valence-corrected chi connectivity index (χ2v) is 9.45. The molecular weight excluding hydrogens is 438 g/mol. The van der Waals surface area contributed by atoms with Gasteiger partial charge in [-0.2, -0.15) is 9.78 Å². The number of esters is 2. The topological polar surface area (TPSA) is 109 Å². The van der Waals surface area contributed by atoms with E-state index < -0.39 is 35.7 Å². The van der Waals surface area contributed by atoms with Gasteiger partial charge in [-0.05, 0) is 44.7 Å². The highest BCUT2D eigenvalue weighted by molar-refractivity contribution is 5.80. The molecule has 2 atom stereocenters. The summed E-state index contributed by atoms with van der Waals surface area (Å²) in [6.07, 6.45) is 1.43.